The van der Waals surface area contributed by atoms with Gasteiger partial charge in [0.2, 0.25) is 0 Å². The summed E-state index contributed by atoms with van der Waals surface area (Å²) >= 11 is 0. The lowest BCUT2D eigenvalue weighted by Gasteiger charge is -2.24. The van der Waals surface area contributed by atoms with Gasteiger partial charge in [0.05, 0.1) is 6.61 Å². The minimum absolute atomic E-state index is 0.0350. The fourth-order valence-electron chi connectivity index (χ4n) is 1.81. The fourth-order valence-corrected chi connectivity index (χ4v) is 1.81. The second-order valence-electron chi connectivity index (χ2n) is 5.26. The van der Waals surface area contributed by atoms with Gasteiger partial charge in [0.1, 0.15) is 5.75 Å². The Morgan fingerprint density at radius 1 is 1.00 bits per heavy atom. The van der Waals surface area contributed by atoms with Crippen LogP contribution in [-0.4, -0.2) is 13.2 Å². The summed E-state index contributed by atoms with van der Waals surface area (Å²) in [4.78, 5) is 0. The van der Waals surface area contributed by atoms with Crippen LogP contribution in [0.15, 0.2) is 18.2 Å². The predicted octanol–water partition coefficient (Wildman–Crippen LogP) is 5.23. The van der Waals surface area contributed by atoms with Gasteiger partial charge in [0, 0.05) is 12.0 Å². The van der Waals surface area contributed by atoms with E-state index in [2.05, 4.69) is 45.9 Å². The number of benzene rings is 1. The highest BCUT2D eigenvalue weighted by atomic mass is 16.5. The zero-order valence-corrected chi connectivity index (χ0v) is 15.5. The van der Waals surface area contributed by atoms with Gasteiger partial charge in [-0.25, -0.2) is 0 Å². The van der Waals surface area contributed by atoms with Crippen LogP contribution in [0.2, 0.25) is 0 Å². The molecule has 0 fully saturated rings. The van der Waals surface area contributed by atoms with Crippen molar-refractivity contribution in [3.05, 3.63) is 29.3 Å². The van der Waals surface area contributed by atoms with Crippen molar-refractivity contribution in [2.75, 3.05) is 13.2 Å². The lowest BCUT2D eigenvalue weighted by atomic mass is 9.95. The molecule has 0 amide bonds. The van der Waals surface area contributed by atoms with Crippen molar-refractivity contribution < 1.29 is 4.74 Å². The van der Waals surface area contributed by atoms with Gasteiger partial charge in [-0.3, -0.25) is 0 Å². The molecule has 2 heteroatoms. The Kier molecular flexibility index (Phi) is 13.5. The lowest BCUT2D eigenvalue weighted by Crippen LogP contribution is -2.30. The molecule has 0 aliphatic rings. The summed E-state index contributed by atoms with van der Waals surface area (Å²) in [5.41, 5.74) is 8.47. The number of hydrogen-bond donors (Lipinski definition) is 1. The third-order valence-electron chi connectivity index (χ3n) is 3.14. The highest BCUT2D eigenvalue weighted by Crippen LogP contribution is 2.25. The zero-order chi connectivity index (χ0) is 16.9. The third-order valence-corrected chi connectivity index (χ3v) is 3.14. The monoisotopic (exact) mass is 295 g/mol. The molecule has 0 heterocycles. The summed E-state index contributed by atoms with van der Waals surface area (Å²) in [5, 5.41) is 0. The first kappa shape index (κ1) is 22.3. The second kappa shape index (κ2) is 12.7. The molecule has 0 atom stereocenters. The van der Waals surface area contributed by atoms with Crippen LogP contribution in [0.4, 0.5) is 0 Å². The molecule has 0 aromatic heterocycles. The van der Waals surface area contributed by atoms with Gasteiger partial charge < -0.3 is 10.5 Å². The van der Waals surface area contributed by atoms with E-state index in [1.165, 1.54) is 11.1 Å². The van der Waals surface area contributed by atoms with Crippen molar-refractivity contribution >= 4 is 0 Å². The summed E-state index contributed by atoms with van der Waals surface area (Å²) in [5.74, 6) is 1.02. The number of aryl methyl sites for hydroxylation is 1. The molecule has 0 aliphatic carbocycles. The van der Waals surface area contributed by atoms with Gasteiger partial charge in [0.15, 0.2) is 0 Å². The van der Waals surface area contributed by atoms with Gasteiger partial charge in [-0.2, -0.15) is 0 Å². The molecular weight excluding hydrogens is 258 g/mol. The van der Waals surface area contributed by atoms with Crippen LogP contribution >= 0.6 is 0 Å². The quantitative estimate of drug-likeness (QED) is 0.780. The molecule has 2 N–H and O–H groups in total. The molecule has 0 unspecified atom stereocenters. The van der Waals surface area contributed by atoms with Crippen molar-refractivity contribution in [3.63, 3.8) is 0 Å². The highest BCUT2D eigenvalue weighted by molar-refractivity contribution is 5.40. The minimum Gasteiger partial charge on any atom is -0.493 e. The van der Waals surface area contributed by atoms with E-state index < -0.39 is 0 Å². The Morgan fingerprint density at radius 3 is 2.00 bits per heavy atom. The maximum Gasteiger partial charge on any atom is 0.122 e. The largest absolute Gasteiger partial charge is 0.493 e. The van der Waals surface area contributed by atoms with Crippen LogP contribution < -0.4 is 10.5 Å². The van der Waals surface area contributed by atoms with Gasteiger partial charge in [-0.15, -0.1) is 0 Å². The number of hydrogen-bond acceptors (Lipinski definition) is 2. The van der Waals surface area contributed by atoms with E-state index in [4.69, 9.17) is 10.5 Å². The zero-order valence-electron chi connectivity index (χ0n) is 15.5. The molecule has 1 aromatic carbocycles. The van der Waals surface area contributed by atoms with E-state index in [0.29, 0.717) is 13.2 Å². The first-order chi connectivity index (χ1) is 10.0. The molecule has 0 aliphatic heterocycles. The van der Waals surface area contributed by atoms with Gasteiger partial charge in [0.25, 0.3) is 0 Å². The predicted molar refractivity (Wildman–Crippen MR) is 96.2 cm³/mol. The van der Waals surface area contributed by atoms with Crippen LogP contribution in [0.3, 0.4) is 0 Å². The second-order valence-corrected chi connectivity index (χ2v) is 5.26. The molecule has 2 nitrogen and oxygen atoms in total. The standard InChI is InChI=1S/C15H25NO.2C2H6/c1-5-12-8-7-9-14(13(12)6-2)17-11-15(3,4)10-16;2*1-2/h7-9H,5-6,10-11,16H2,1-4H3;2*1-2H3. The van der Waals surface area contributed by atoms with Crippen LogP contribution in [0.25, 0.3) is 0 Å². The smallest absolute Gasteiger partial charge is 0.122 e. The van der Waals surface area contributed by atoms with E-state index in [0.717, 1.165) is 18.6 Å². The van der Waals surface area contributed by atoms with Crippen LogP contribution in [0.1, 0.15) is 66.5 Å². The van der Waals surface area contributed by atoms with Gasteiger partial charge in [-0.1, -0.05) is 67.5 Å². The highest BCUT2D eigenvalue weighted by Gasteiger charge is 2.17. The summed E-state index contributed by atoms with van der Waals surface area (Å²) < 4.78 is 5.95. The van der Waals surface area contributed by atoms with Crippen LogP contribution in [-0.2, 0) is 12.8 Å². The Balaban J connectivity index is 0. The molecule has 0 spiro atoms. The van der Waals surface area contributed by atoms with E-state index >= 15 is 0 Å². The topological polar surface area (TPSA) is 35.2 Å². The Hall–Kier alpha value is -1.02. The van der Waals surface area contributed by atoms with Crippen molar-refractivity contribution in [2.45, 2.75) is 68.2 Å². The SMILES string of the molecule is CC.CC.CCc1cccc(OCC(C)(C)CN)c1CC. The molecule has 21 heavy (non-hydrogen) atoms. The summed E-state index contributed by atoms with van der Waals surface area (Å²) in [6, 6.07) is 6.31. The number of ether oxygens (including phenoxy) is 1. The maximum atomic E-state index is 5.95. The molecule has 1 aromatic rings. The molecule has 124 valence electrons. The minimum atomic E-state index is 0.0350. The van der Waals surface area contributed by atoms with E-state index in [-0.39, 0.29) is 5.41 Å². The van der Waals surface area contributed by atoms with Gasteiger partial charge >= 0.3 is 0 Å². The van der Waals surface area contributed by atoms with Crippen molar-refractivity contribution in [1.82, 2.24) is 0 Å². The van der Waals surface area contributed by atoms with E-state index in [9.17, 15) is 0 Å². The molecule has 0 saturated heterocycles. The number of nitrogens with two attached hydrogens (primary N) is 1. The normalized spacial score (nSPS) is 9.95. The third kappa shape index (κ3) is 8.11. The van der Waals surface area contributed by atoms with E-state index in [1.807, 2.05) is 27.7 Å². The summed E-state index contributed by atoms with van der Waals surface area (Å²) in [6.07, 6.45) is 2.07. The Bertz CT molecular complexity index is 359. The molecule has 0 saturated carbocycles. The fraction of sp³-hybridized carbons (Fsp3) is 0.684. The first-order valence-corrected chi connectivity index (χ1v) is 8.47. The maximum absolute atomic E-state index is 5.95. The van der Waals surface area contributed by atoms with Crippen molar-refractivity contribution in [1.29, 1.82) is 0 Å². The molecule has 1 rings (SSSR count). The number of rotatable bonds is 6. The lowest BCUT2D eigenvalue weighted by molar-refractivity contribution is 0.186. The van der Waals surface area contributed by atoms with Crippen LogP contribution in [0.5, 0.6) is 5.75 Å². The molecule has 0 bridgehead atoms. The molecular formula is C19H37NO. The average Bonchev–Trinajstić information content (AvgIpc) is 2.56. The Labute approximate surface area is 133 Å². The molecule has 0 radical (unpaired) electrons. The van der Waals surface area contributed by atoms with Crippen LogP contribution in [0, 0.1) is 5.41 Å². The first-order valence-electron chi connectivity index (χ1n) is 8.47. The summed E-state index contributed by atoms with van der Waals surface area (Å²) in [6.45, 7) is 17.9. The van der Waals surface area contributed by atoms with E-state index in [1.54, 1.807) is 0 Å². The Morgan fingerprint density at radius 2 is 1.57 bits per heavy atom. The van der Waals surface area contributed by atoms with Gasteiger partial charge in [-0.05, 0) is 30.0 Å². The van der Waals surface area contributed by atoms with Crippen molar-refractivity contribution in [2.24, 2.45) is 11.1 Å². The average molecular weight is 296 g/mol. The summed E-state index contributed by atoms with van der Waals surface area (Å²) in [7, 11) is 0. The van der Waals surface area contributed by atoms with Crippen molar-refractivity contribution in [3.8, 4) is 5.75 Å².